The number of fused-ring (bicyclic) bond motifs is 2. The number of rotatable bonds is 0. The molecule has 0 aromatic rings. The molecule has 0 N–H and O–H groups in total. The summed E-state index contributed by atoms with van der Waals surface area (Å²) in [4.78, 5) is 24.0. The van der Waals surface area contributed by atoms with Gasteiger partial charge in [-0.1, -0.05) is 84.8 Å². The molecule has 0 spiro atoms. The second kappa shape index (κ2) is 13.2. The lowest BCUT2D eigenvalue weighted by atomic mass is 10.0. The lowest BCUT2D eigenvalue weighted by Gasteiger charge is -2.01. The minimum Gasteiger partial charge on any atom is -0.290 e. The SMILES string of the molecule is C/C1=C/C=C/C(=O)/C=C/C=C/C2=CC=CC=C(/C=C/C(=O)/C=C/C=C(/C)C#CC#C1)C2. The summed E-state index contributed by atoms with van der Waals surface area (Å²) in [6.45, 7) is 3.71. The number of allylic oxidation sites excluding steroid dienone is 20. The monoisotopic (exact) mass is 404 g/mol. The van der Waals surface area contributed by atoms with Crippen LogP contribution in [0.5, 0.6) is 0 Å². The molecule has 2 heteroatoms. The van der Waals surface area contributed by atoms with Gasteiger partial charge in [-0.05, 0) is 78.7 Å². The maximum atomic E-state index is 12.1. The zero-order chi connectivity index (χ0) is 22.3. The van der Waals surface area contributed by atoms with Crippen LogP contribution in [0, 0.1) is 23.7 Å². The van der Waals surface area contributed by atoms with E-state index in [2.05, 4.69) is 23.7 Å². The lowest BCUT2D eigenvalue weighted by Crippen LogP contribution is -1.87. The minimum absolute atomic E-state index is 0.0971. The Morgan fingerprint density at radius 1 is 0.548 bits per heavy atom. The molecule has 2 bridgehead atoms. The summed E-state index contributed by atoms with van der Waals surface area (Å²) in [5.41, 5.74) is 3.70. The first kappa shape index (κ1) is 23.1. The van der Waals surface area contributed by atoms with Crippen molar-refractivity contribution in [3.8, 4) is 23.7 Å². The Balaban J connectivity index is 2.29. The molecule has 0 aromatic carbocycles. The Hall–Kier alpha value is -4.14. The van der Waals surface area contributed by atoms with Crippen molar-refractivity contribution in [2.75, 3.05) is 0 Å². The summed E-state index contributed by atoms with van der Waals surface area (Å²) in [5, 5.41) is 0. The van der Waals surface area contributed by atoms with E-state index in [9.17, 15) is 9.59 Å². The maximum absolute atomic E-state index is 12.1. The fraction of sp³-hybridized carbons (Fsp3) is 0.103. The van der Waals surface area contributed by atoms with Crippen LogP contribution in [0.3, 0.4) is 0 Å². The van der Waals surface area contributed by atoms with Gasteiger partial charge in [-0.25, -0.2) is 0 Å². The molecular formula is C29H24O2. The highest BCUT2D eigenvalue weighted by Gasteiger charge is 1.99. The molecule has 0 atom stereocenters. The quantitative estimate of drug-likeness (QED) is 0.490. The van der Waals surface area contributed by atoms with E-state index in [4.69, 9.17) is 0 Å². The Morgan fingerprint density at radius 3 is 1.65 bits per heavy atom. The molecule has 0 aliphatic heterocycles. The maximum Gasteiger partial charge on any atom is 0.178 e. The first-order chi connectivity index (χ1) is 15.0. The third-order valence-corrected chi connectivity index (χ3v) is 4.08. The second-order valence-corrected chi connectivity index (χ2v) is 6.82. The fourth-order valence-electron chi connectivity index (χ4n) is 2.49. The topological polar surface area (TPSA) is 34.1 Å². The van der Waals surface area contributed by atoms with Gasteiger partial charge in [-0.2, -0.15) is 0 Å². The van der Waals surface area contributed by atoms with Gasteiger partial charge in [0.2, 0.25) is 0 Å². The Bertz CT molecular complexity index is 1140. The highest BCUT2D eigenvalue weighted by Crippen LogP contribution is 2.17. The van der Waals surface area contributed by atoms with Gasteiger partial charge in [0.05, 0.1) is 0 Å². The molecule has 31 heavy (non-hydrogen) atoms. The molecule has 2 aliphatic rings. The smallest absolute Gasteiger partial charge is 0.178 e. The van der Waals surface area contributed by atoms with E-state index < -0.39 is 0 Å². The zero-order valence-electron chi connectivity index (χ0n) is 17.8. The average molecular weight is 405 g/mol. The predicted molar refractivity (Wildman–Crippen MR) is 129 cm³/mol. The summed E-state index contributed by atoms with van der Waals surface area (Å²) in [7, 11) is 0. The summed E-state index contributed by atoms with van der Waals surface area (Å²) in [5.74, 6) is 11.2. The standard InChI is InChI=1S/C29H24O2/c1-24-11-3-4-12-25(2)14-10-20-29(31)22-21-27-17-6-5-15-26(23-27)16-7-8-18-28(30)19-9-13-24/h5-10,13-22H,23H2,1-2H3/b16-7+,18-8+,19-9+,20-10+,22-21+,24-13-,25-14-. The van der Waals surface area contributed by atoms with Crippen LogP contribution in [-0.2, 0) is 9.59 Å². The van der Waals surface area contributed by atoms with Crippen LogP contribution in [-0.4, -0.2) is 11.6 Å². The van der Waals surface area contributed by atoms with Crippen LogP contribution >= 0.6 is 0 Å². The molecule has 0 saturated heterocycles. The average Bonchev–Trinajstić information content (AvgIpc) is 2.97. The molecule has 0 radical (unpaired) electrons. The van der Waals surface area contributed by atoms with Gasteiger partial charge < -0.3 is 0 Å². The summed E-state index contributed by atoms with van der Waals surface area (Å²) < 4.78 is 0. The number of carbonyl (C=O) groups excluding carboxylic acids is 2. The normalized spacial score (nSPS) is 25.9. The molecule has 0 aromatic heterocycles. The molecule has 0 unspecified atom stereocenters. The minimum atomic E-state index is -0.107. The van der Waals surface area contributed by atoms with E-state index in [1.165, 1.54) is 18.2 Å². The van der Waals surface area contributed by atoms with Crippen molar-refractivity contribution in [3.05, 3.63) is 120 Å². The first-order valence-electron chi connectivity index (χ1n) is 9.92. The van der Waals surface area contributed by atoms with Gasteiger partial charge >= 0.3 is 0 Å². The van der Waals surface area contributed by atoms with Crippen molar-refractivity contribution in [2.45, 2.75) is 20.3 Å². The molecule has 2 rings (SSSR count). The molecule has 2 aliphatic carbocycles. The lowest BCUT2D eigenvalue weighted by molar-refractivity contribution is -0.111. The third kappa shape index (κ3) is 10.3. The number of ketones is 2. The number of hydrogen-bond acceptors (Lipinski definition) is 2. The van der Waals surface area contributed by atoms with Crippen molar-refractivity contribution in [1.82, 2.24) is 0 Å². The number of hydrogen-bond donors (Lipinski definition) is 0. The van der Waals surface area contributed by atoms with Crippen LogP contribution in [0.25, 0.3) is 0 Å². The Morgan fingerprint density at radius 2 is 1.03 bits per heavy atom. The van der Waals surface area contributed by atoms with Crippen molar-refractivity contribution < 1.29 is 9.59 Å². The van der Waals surface area contributed by atoms with Crippen LogP contribution in [0.2, 0.25) is 0 Å². The molecule has 0 saturated carbocycles. The van der Waals surface area contributed by atoms with E-state index in [1.807, 2.05) is 56.4 Å². The van der Waals surface area contributed by atoms with Crippen molar-refractivity contribution in [3.63, 3.8) is 0 Å². The van der Waals surface area contributed by atoms with Gasteiger partial charge in [0.15, 0.2) is 11.6 Å². The van der Waals surface area contributed by atoms with E-state index in [0.29, 0.717) is 6.42 Å². The van der Waals surface area contributed by atoms with Crippen LogP contribution in [0.1, 0.15) is 20.3 Å². The Kier molecular flexibility index (Phi) is 9.82. The summed E-state index contributed by atoms with van der Waals surface area (Å²) in [6.07, 6.45) is 28.9. The second-order valence-electron chi connectivity index (χ2n) is 6.82. The van der Waals surface area contributed by atoms with Gasteiger partial charge in [-0.3, -0.25) is 9.59 Å². The van der Waals surface area contributed by atoms with Crippen LogP contribution < -0.4 is 0 Å². The van der Waals surface area contributed by atoms with Gasteiger partial charge in [-0.15, -0.1) is 0 Å². The van der Waals surface area contributed by atoms with Crippen LogP contribution in [0.4, 0.5) is 0 Å². The first-order valence-corrected chi connectivity index (χ1v) is 9.92. The molecule has 0 amide bonds. The number of carbonyl (C=O) groups is 2. The molecule has 2 nitrogen and oxygen atoms in total. The van der Waals surface area contributed by atoms with E-state index in [0.717, 1.165) is 22.3 Å². The van der Waals surface area contributed by atoms with E-state index in [-0.39, 0.29) is 11.6 Å². The van der Waals surface area contributed by atoms with Gasteiger partial charge in [0.1, 0.15) is 0 Å². The molecule has 0 heterocycles. The van der Waals surface area contributed by atoms with Crippen LogP contribution in [0.15, 0.2) is 120 Å². The fourth-order valence-corrected chi connectivity index (χ4v) is 2.49. The van der Waals surface area contributed by atoms with Gasteiger partial charge in [0, 0.05) is 0 Å². The highest BCUT2D eigenvalue weighted by molar-refractivity contribution is 6.00. The van der Waals surface area contributed by atoms with Crippen molar-refractivity contribution in [2.24, 2.45) is 0 Å². The molecule has 152 valence electrons. The predicted octanol–water partition coefficient (Wildman–Crippen LogP) is 5.63. The van der Waals surface area contributed by atoms with E-state index >= 15 is 0 Å². The van der Waals surface area contributed by atoms with Crippen molar-refractivity contribution >= 4 is 11.6 Å². The summed E-state index contributed by atoms with van der Waals surface area (Å²) >= 11 is 0. The third-order valence-electron chi connectivity index (χ3n) is 4.08. The van der Waals surface area contributed by atoms with E-state index in [1.54, 1.807) is 36.5 Å². The van der Waals surface area contributed by atoms with Gasteiger partial charge in [0.25, 0.3) is 0 Å². The molecule has 0 fully saturated rings. The largest absolute Gasteiger partial charge is 0.290 e. The Labute approximate surface area is 184 Å². The zero-order valence-corrected chi connectivity index (χ0v) is 17.8. The summed E-state index contributed by atoms with van der Waals surface area (Å²) in [6, 6.07) is 0. The molecular weight excluding hydrogens is 380 g/mol. The van der Waals surface area contributed by atoms with Crippen molar-refractivity contribution in [1.29, 1.82) is 0 Å². The highest BCUT2D eigenvalue weighted by atomic mass is 16.1.